The summed E-state index contributed by atoms with van der Waals surface area (Å²) in [5.74, 6) is -0.545. The summed E-state index contributed by atoms with van der Waals surface area (Å²) >= 11 is 0. The van der Waals surface area contributed by atoms with Crippen LogP contribution >= 0.6 is 7.75 Å². The second-order valence-corrected chi connectivity index (χ2v) is 12.3. The van der Waals surface area contributed by atoms with E-state index in [1.54, 1.807) is 62.4 Å². The number of alkyl halides is 1. The Hall–Kier alpha value is -4.18. The van der Waals surface area contributed by atoms with Gasteiger partial charge in [0.25, 0.3) is 0 Å². The number of nitrogens with one attached hydrogen (secondary N) is 1. The van der Waals surface area contributed by atoms with E-state index in [9.17, 15) is 19.7 Å². The van der Waals surface area contributed by atoms with Crippen LogP contribution in [0.4, 0.5) is 4.39 Å². The monoisotopic (exact) mass is 637 g/mol. The van der Waals surface area contributed by atoms with E-state index in [2.05, 4.69) is 15.2 Å². The molecule has 1 aliphatic heterocycles. The highest BCUT2D eigenvalue weighted by Crippen LogP contribution is 2.51. The number of aliphatic hydroxyl groups excluding tert-OH is 1. The van der Waals surface area contributed by atoms with E-state index in [4.69, 9.17) is 18.5 Å². The van der Waals surface area contributed by atoms with E-state index >= 15 is 4.39 Å². The van der Waals surface area contributed by atoms with Crippen LogP contribution in [0.2, 0.25) is 0 Å². The van der Waals surface area contributed by atoms with Gasteiger partial charge < -0.3 is 19.1 Å². The summed E-state index contributed by atoms with van der Waals surface area (Å²) in [6, 6.07) is 20.9. The number of aliphatic hydroxyl groups is 1. The molecule has 5 rings (SSSR count). The lowest BCUT2D eigenvalue weighted by atomic mass is 9.82. The molecule has 0 saturated carbocycles. The van der Waals surface area contributed by atoms with E-state index in [1.165, 1.54) is 29.0 Å². The number of ether oxygens (including phenoxy) is 2. The van der Waals surface area contributed by atoms with Crippen molar-refractivity contribution in [1.82, 2.24) is 19.7 Å². The van der Waals surface area contributed by atoms with Crippen LogP contribution in [0.15, 0.2) is 79.1 Å². The second kappa shape index (κ2) is 13.0. The summed E-state index contributed by atoms with van der Waals surface area (Å²) in [5, 5.41) is 28.3. The van der Waals surface area contributed by atoms with Gasteiger partial charge in [0, 0.05) is 0 Å². The number of nitrogens with zero attached hydrogens (tertiary/aromatic N) is 4. The minimum absolute atomic E-state index is 0.0316. The van der Waals surface area contributed by atoms with Crippen molar-refractivity contribution < 1.29 is 37.4 Å². The van der Waals surface area contributed by atoms with Crippen molar-refractivity contribution >= 4 is 19.2 Å². The van der Waals surface area contributed by atoms with Crippen molar-refractivity contribution in [3.8, 4) is 11.8 Å². The number of esters is 1. The van der Waals surface area contributed by atoms with E-state index in [0.717, 1.165) is 12.5 Å². The number of aromatic nitrogens is 3. The molecule has 1 fully saturated rings. The van der Waals surface area contributed by atoms with E-state index in [1.807, 2.05) is 12.1 Å². The topological polar surface area (TPSA) is 157 Å². The van der Waals surface area contributed by atoms with Gasteiger partial charge in [0.05, 0.1) is 30.1 Å². The zero-order valence-electron chi connectivity index (χ0n) is 24.9. The Bertz CT molecular complexity index is 1730. The van der Waals surface area contributed by atoms with Crippen molar-refractivity contribution in [3.63, 3.8) is 0 Å². The molecule has 14 heteroatoms. The zero-order valence-corrected chi connectivity index (χ0v) is 25.8. The standard InChI is InChI=1S/C31H33FN5O7P/c1-4-41-29(39)24(17-22-11-7-5-8-12-22)36-45(40,44-23-13-9-6-10-14-23)42-18-26-28(38)30(3,32)31(19-33,43-26)27-16-15-25-21(2)34-20-35-37(25)27/h5-16,20,24,26,28,38H,4,17-18H2,1-3H3,(H,36,40)/t24-,26+,28+,30+,31-,45?/m0/s1. The Kier molecular flexibility index (Phi) is 9.34. The minimum Gasteiger partial charge on any atom is -0.465 e. The van der Waals surface area contributed by atoms with Crippen LogP contribution in [0.3, 0.4) is 0 Å². The Morgan fingerprint density at radius 2 is 1.89 bits per heavy atom. The fraction of sp³-hybridized carbons (Fsp3) is 0.355. The average Bonchev–Trinajstić information content (AvgIpc) is 3.55. The Morgan fingerprint density at radius 3 is 2.56 bits per heavy atom. The SMILES string of the molecule is CCOC(=O)[C@H](Cc1ccccc1)NP(=O)(OC[C@H]1O[C@@](C#N)(c2ccc3c(C)ncnn23)[C@](C)(F)[C@@H]1O)Oc1ccccc1. The van der Waals surface area contributed by atoms with E-state index in [-0.39, 0.29) is 24.5 Å². The van der Waals surface area contributed by atoms with E-state index in [0.29, 0.717) is 11.2 Å². The van der Waals surface area contributed by atoms with Gasteiger partial charge in [0.2, 0.25) is 5.60 Å². The number of fused-ring (bicyclic) bond motifs is 1. The molecule has 1 saturated heterocycles. The summed E-state index contributed by atoms with van der Waals surface area (Å²) in [4.78, 5) is 17.1. The van der Waals surface area contributed by atoms with Gasteiger partial charge in [-0.15, -0.1) is 0 Å². The molecule has 0 spiro atoms. The van der Waals surface area contributed by atoms with Gasteiger partial charge >= 0.3 is 13.7 Å². The molecule has 45 heavy (non-hydrogen) atoms. The molecule has 2 N–H and O–H groups in total. The Morgan fingerprint density at radius 1 is 1.20 bits per heavy atom. The molecule has 2 aromatic carbocycles. The first kappa shape index (κ1) is 32.2. The lowest BCUT2D eigenvalue weighted by Gasteiger charge is -2.30. The number of hydrogen-bond acceptors (Lipinski definition) is 10. The quantitative estimate of drug-likeness (QED) is 0.169. The van der Waals surface area contributed by atoms with Crippen molar-refractivity contribution in [2.45, 2.75) is 56.7 Å². The predicted molar refractivity (Wildman–Crippen MR) is 160 cm³/mol. The third kappa shape index (κ3) is 6.33. The number of para-hydroxylation sites is 1. The maximum absolute atomic E-state index is 16.5. The zero-order chi connectivity index (χ0) is 32.2. The summed E-state index contributed by atoms with van der Waals surface area (Å²) in [6.07, 6.45) is -2.05. The number of hydrogen-bond donors (Lipinski definition) is 2. The van der Waals surface area contributed by atoms with Crippen LogP contribution in [0.5, 0.6) is 5.75 Å². The lowest BCUT2D eigenvalue weighted by molar-refractivity contribution is -0.145. The Labute approximate surface area is 259 Å². The third-order valence-electron chi connectivity index (χ3n) is 7.63. The normalized spacial score (nSPS) is 24.9. The van der Waals surface area contributed by atoms with Crippen LogP contribution < -0.4 is 9.61 Å². The van der Waals surface area contributed by atoms with Crippen molar-refractivity contribution in [1.29, 1.82) is 5.26 Å². The first-order valence-corrected chi connectivity index (χ1v) is 15.8. The van der Waals surface area contributed by atoms with Crippen LogP contribution in [0, 0.1) is 18.3 Å². The van der Waals surface area contributed by atoms with Crippen molar-refractivity contribution in [2.24, 2.45) is 0 Å². The highest BCUT2D eigenvalue weighted by Gasteiger charge is 2.67. The fourth-order valence-corrected chi connectivity index (χ4v) is 6.76. The van der Waals surface area contributed by atoms with Crippen LogP contribution in [-0.2, 0) is 35.4 Å². The molecule has 0 bridgehead atoms. The number of nitriles is 1. The highest BCUT2D eigenvalue weighted by atomic mass is 31.2. The largest absolute Gasteiger partial charge is 0.465 e. The molecule has 4 aromatic rings. The van der Waals surface area contributed by atoms with E-state index < -0.39 is 49.8 Å². The number of aryl methyl sites for hydroxylation is 1. The molecule has 0 amide bonds. The maximum atomic E-state index is 16.5. The van der Waals surface area contributed by atoms with Crippen LogP contribution in [0.25, 0.3) is 5.52 Å². The Balaban J connectivity index is 1.44. The number of carbonyl (C=O) groups excluding carboxylic acids is 1. The summed E-state index contributed by atoms with van der Waals surface area (Å²) < 4.78 is 54.8. The minimum atomic E-state index is -4.46. The number of rotatable bonds is 12. The predicted octanol–water partition coefficient (Wildman–Crippen LogP) is 4.21. The van der Waals surface area contributed by atoms with Crippen LogP contribution in [-0.4, -0.2) is 62.8 Å². The number of halogens is 1. The average molecular weight is 638 g/mol. The molecule has 2 aromatic heterocycles. The lowest BCUT2D eigenvalue weighted by Crippen LogP contribution is -2.48. The maximum Gasteiger partial charge on any atom is 0.459 e. The van der Waals surface area contributed by atoms with Crippen LogP contribution in [0.1, 0.15) is 30.8 Å². The molecule has 236 valence electrons. The first-order chi connectivity index (χ1) is 21.5. The summed E-state index contributed by atoms with van der Waals surface area (Å²) in [5.41, 5.74) is -3.12. The third-order valence-corrected chi connectivity index (χ3v) is 9.20. The highest BCUT2D eigenvalue weighted by molar-refractivity contribution is 7.52. The smallest absolute Gasteiger partial charge is 0.459 e. The van der Waals surface area contributed by atoms with Crippen molar-refractivity contribution in [3.05, 3.63) is 96.1 Å². The van der Waals surface area contributed by atoms with Crippen molar-refractivity contribution in [2.75, 3.05) is 13.2 Å². The summed E-state index contributed by atoms with van der Waals surface area (Å²) in [7, 11) is -4.46. The second-order valence-electron chi connectivity index (χ2n) is 10.7. The van der Waals surface area contributed by atoms with Gasteiger partial charge in [-0.05, 0) is 57.0 Å². The molecule has 6 atom stereocenters. The van der Waals surface area contributed by atoms with Gasteiger partial charge in [0.1, 0.15) is 36.4 Å². The van der Waals surface area contributed by atoms with Gasteiger partial charge in [0.15, 0.2) is 5.67 Å². The molecule has 12 nitrogen and oxygen atoms in total. The number of benzene rings is 2. The molecule has 1 unspecified atom stereocenters. The molecular formula is C31H33FN5O7P. The van der Waals surface area contributed by atoms with Gasteiger partial charge in [-0.3, -0.25) is 9.32 Å². The molecule has 1 aliphatic rings. The molecule has 3 heterocycles. The van der Waals surface area contributed by atoms with Gasteiger partial charge in [-0.2, -0.15) is 15.4 Å². The van der Waals surface area contributed by atoms with Gasteiger partial charge in [-0.25, -0.2) is 18.5 Å². The fourth-order valence-electron chi connectivity index (χ4n) is 5.26. The first-order valence-electron chi connectivity index (χ1n) is 14.3. The number of carbonyl (C=O) groups is 1. The summed E-state index contributed by atoms with van der Waals surface area (Å²) in [6.45, 7) is 3.81. The molecule has 0 radical (unpaired) electrons. The molecular weight excluding hydrogens is 604 g/mol. The van der Waals surface area contributed by atoms with Gasteiger partial charge in [-0.1, -0.05) is 48.5 Å². The molecule has 0 aliphatic carbocycles.